The molecule has 3 aromatic rings. The molecule has 31 heavy (non-hydrogen) atoms. The lowest BCUT2D eigenvalue weighted by Gasteiger charge is -2.14. The van der Waals surface area contributed by atoms with Crippen LogP contribution in [0.3, 0.4) is 0 Å². The summed E-state index contributed by atoms with van der Waals surface area (Å²) in [5.41, 5.74) is 5.21. The Balaban J connectivity index is 1.21. The van der Waals surface area contributed by atoms with E-state index >= 15 is 0 Å². The molecule has 1 aliphatic rings. The molecular formula is C25H24N2O4. The Bertz CT molecular complexity index is 1030. The fraction of sp³-hybridized carbons (Fsp3) is 0.200. The summed E-state index contributed by atoms with van der Waals surface area (Å²) in [5, 5.41) is 14.8. The molecule has 1 aliphatic carbocycles. The molecule has 3 aromatic carbocycles. The molecule has 0 bridgehead atoms. The van der Waals surface area contributed by atoms with E-state index in [1.807, 2.05) is 24.3 Å². The summed E-state index contributed by atoms with van der Waals surface area (Å²) in [6.45, 7) is 1.09. The number of rotatable bonds is 7. The number of alkyl carbamates (subject to hydrolysis) is 1. The lowest BCUT2D eigenvalue weighted by molar-refractivity contribution is 0.0953. The van der Waals surface area contributed by atoms with Crippen LogP contribution in [0.4, 0.5) is 4.79 Å². The molecule has 0 saturated heterocycles. The van der Waals surface area contributed by atoms with E-state index in [9.17, 15) is 14.7 Å². The van der Waals surface area contributed by atoms with Gasteiger partial charge in [0.15, 0.2) is 0 Å². The molecule has 0 atom stereocenters. The quantitative estimate of drug-likeness (QED) is 0.507. The van der Waals surface area contributed by atoms with Crippen LogP contribution in [0.1, 0.15) is 33.8 Å². The Morgan fingerprint density at radius 3 is 2.03 bits per heavy atom. The molecule has 0 heterocycles. The van der Waals surface area contributed by atoms with Gasteiger partial charge in [-0.2, -0.15) is 0 Å². The topological polar surface area (TPSA) is 87.7 Å². The lowest BCUT2D eigenvalue weighted by atomic mass is 9.98. The van der Waals surface area contributed by atoms with Gasteiger partial charge in [0.05, 0.1) is 0 Å². The maximum atomic E-state index is 12.1. The number of phenols is 1. The average Bonchev–Trinajstić information content (AvgIpc) is 3.11. The zero-order valence-electron chi connectivity index (χ0n) is 17.0. The molecule has 0 unspecified atom stereocenters. The van der Waals surface area contributed by atoms with Crippen LogP contribution in [0.15, 0.2) is 72.8 Å². The molecule has 0 fully saturated rings. The first-order chi connectivity index (χ1) is 15.1. The second kappa shape index (κ2) is 9.34. The van der Waals surface area contributed by atoms with Gasteiger partial charge in [0, 0.05) is 24.6 Å². The van der Waals surface area contributed by atoms with Gasteiger partial charge in [-0.3, -0.25) is 4.79 Å². The number of carbonyl (C=O) groups excluding carboxylic acids is 2. The monoisotopic (exact) mass is 416 g/mol. The predicted octanol–water partition coefficient (Wildman–Crippen LogP) is 4.05. The van der Waals surface area contributed by atoms with Gasteiger partial charge in [0.25, 0.3) is 5.91 Å². The number of nitrogens with one attached hydrogen (secondary N) is 2. The molecule has 6 nitrogen and oxygen atoms in total. The van der Waals surface area contributed by atoms with Gasteiger partial charge >= 0.3 is 6.09 Å². The van der Waals surface area contributed by atoms with E-state index in [0.717, 1.165) is 0 Å². The van der Waals surface area contributed by atoms with E-state index in [4.69, 9.17) is 4.74 Å². The minimum absolute atomic E-state index is 0.0303. The van der Waals surface area contributed by atoms with E-state index < -0.39 is 6.09 Å². The van der Waals surface area contributed by atoms with Crippen molar-refractivity contribution in [1.82, 2.24) is 10.6 Å². The molecule has 4 rings (SSSR count). The fourth-order valence-corrected chi connectivity index (χ4v) is 3.85. The fourth-order valence-electron chi connectivity index (χ4n) is 3.85. The number of aromatic hydroxyl groups is 1. The maximum Gasteiger partial charge on any atom is 0.407 e. The zero-order valence-corrected chi connectivity index (χ0v) is 17.0. The molecule has 0 radical (unpaired) electrons. The van der Waals surface area contributed by atoms with E-state index in [1.165, 1.54) is 34.4 Å². The van der Waals surface area contributed by atoms with Crippen LogP contribution < -0.4 is 10.6 Å². The third-order valence-electron chi connectivity index (χ3n) is 5.38. The summed E-state index contributed by atoms with van der Waals surface area (Å²) in [5.74, 6) is -0.0762. The van der Waals surface area contributed by atoms with Crippen LogP contribution in [-0.4, -0.2) is 36.8 Å². The van der Waals surface area contributed by atoms with Gasteiger partial charge in [0.1, 0.15) is 12.4 Å². The van der Waals surface area contributed by atoms with Crippen LogP contribution >= 0.6 is 0 Å². The highest BCUT2D eigenvalue weighted by atomic mass is 16.5. The normalized spacial score (nSPS) is 12.0. The Labute approximate surface area is 180 Å². The summed E-state index contributed by atoms with van der Waals surface area (Å²) < 4.78 is 5.49. The van der Waals surface area contributed by atoms with Gasteiger partial charge in [-0.15, -0.1) is 0 Å². The third kappa shape index (κ3) is 4.69. The van der Waals surface area contributed by atoms with Crippen molar-refractivity contribution in [3.8, 4) is 16.9 Å². The molecule has 0 aliphatic heterocycles. The maximum absolute atomic E-state index is 12.1. The number of hydrogen-bond donors (Lipinski definition) is 3. The van der Waals surface area contributed by atoms with Crippen LogP contribution in [-0.2, 0) is 4.74 Å². The van der Waals surface area contributed by atoms with Crippen molar-refractivity contribution < 1.29 is 19.4 Å². The second-order valence-corrected chi connectivity index (χ2v) is 7.41. The molecule has 0 aromatic heterocycles. The van der Waals surface area contributed by atoms with Crippen molar-refractivity contribution in [3.05, 3.63) is 89.5 Å². The van der Waals surface area contributed by atoms with Crippen LogP contribution in [0, 0.1) is 0 Å². The first kappa shape index (κ1) is 20.5. The molecule has 158 valence electrons. The van der Waals surface area contributed by atoms with Gasteiger partial charge in [-0.1, -0.05) is 48.5 Å². The van der Waals surface area contributed by atoms with Gasteiger partial charge in [-0.25, -0.2) is 4.79 Å². The number of carbonyl (C=O) groups is 2. The predicted molar refractivity (Wildman–Crippen MR) is 118 cm³/mol. The number of benzene rings is 3. The minimum atomic E-state index is -0.466. The molecule has 0 saturated carbocycles. The van der Waals surface area contributed by atoms with Gasteiger partial charge in [-0.05, 0) is 52.9 Å². The Kier molecular flexibility index (Phi) is 6.17. The van der Waals surface area contributed by atoms with Crippen molar-refractivity contribution >= 4 is 12.0 Å². The number of hydrogen-bond acceptors (Lipinski definition) is 4. The summed E-state index contributed by atoms with van der Waals surface area (Å²) >= 11 is 0. The highest BCUT2D eigenvalue weighted by molar-refractivity contribution is 5.94. The van der Waals surface area contributed by atoms with E-state index in [0.29, 0.717) is 25.1 Å². The van der Waals surface area contributed by atoms with E-state index in [1.54, 1.807) is 12.1 Å². The summed E-state index contributed by atoms with van der Waals surface area (Å²) in [6, 6.07) is 22.4. The average molecular weight is 416 g/mol. The first-order valence-electron chi connectivity index (χ1n) is 10.3. The van der Waals surface area contributed by atoms with Crippen molar-refractivity contribution in [1.29, 1.82) is 0 Å². The summed E-state index contributed by atoms with van der Waals surface area (Å²) in [6.07, 6.45) is 0.111. The van der Waals surface area contributed by atoms with E-state index in [2.05, 4.69) is 34.9 Å². The summed E-state index contributed by atoms with van der Waals surface area (Å²) in [4.78, 5) is 24.1. The Morgan fingerprint density at radius 2 is 1.39 bits per heavy atom. The Morgan fingerprint density at radius 1 is 0.806 bits per heavy atom. The molecule has 2 amide bonds. The van der Waals surface area contributed by atoms with Gasteiger partial charge < -0.3 is 20.5 Å². The lowest BCUT2D eigenvalue weighted by Crippen LogP contribution is -2.30. The Hall–Kier alpha value is -3.80. The molecular weight excluding hydrogens is 392 g/mol. The van der Waals surface area contributed by atoms with Crippen LogP contribution in [0.5, 0.6) is 5.75 Å². The van der Waals surface area contributed by atoms with Crippen molar-refractivity contribution in [2.24, 2.45) is 0 Å². The van der Waals surface area contributed by atoms with Crippen molar-refractivity contribution in [2.45, 2.75) is 12.3 Å². The number of amides is 2. The highest BCUT2D eigenvalue weighted by Gasteiger charge is 2.28. The van der Waals surface area contributed by atoms with Gasteiger partial charge in [0.2, 0.25) is 0 Å². The number of phenolic OH excluding ortho intramolecular Hbond substituents is 1. The summed E-state index contributed by atoms with van der Waals surface area (Å²) in [7, 11) is 0. The number of fused-ring (bicyclic) bond motifs is 3. The SMILES string of the molecule is O=C(NCCCNC(=O)c1ccc(O)cc1)OCC1c2ccccc2-c2ccccc21. The number of ether oxygens (including phenoxy) is 1. The molecule has 3 N–H and O–H groups in total. The third-order valence-corrected chi connectivity index (χ3v) is 5.38. The highest BCUT2D eigenvalue weighted by Crippen LogP contribution is 2.44. The van der Waals surface area contributed by atoms with Crippen molar-refractivity contribution in [3.63, 3.8) is 0 Å². The first-order valence-corrected chi connectivity index (χ1v) is 10.3. The van der Waals surface area contributed by atoms with Crippen molar-refractivity contribution in [2.75, 3.05) is 19.7 Å². The van der Waals surface area contributed by atoms with Crippen LogP contribution in [0.2, 0.25) is 0 Å². The molecule has 0 spiro atoms. The van der Waals surface area contributed by atoms with E-state index in [-0.39, 0.29) is 24.2 Å². The smallest absolute Gasteiger partial charge is 0.407 e. The zero-order chi connectivity index (χ0) is 21.6. The largest absolute Gasteiger partial charge is 0.508 e. The minimum Gasteiger partial charge on any atom is -0.508 e. The molecule has 6 heteroatoms. The second-order valence-electron chi connectivity index (χ2n) is 7.41. The standard InChI is InChI=1S/C25H24N2O4/c28-18-12-10-17(11-13-18)24(29)26-14-5-15-27-25(30)31-16-23-21-8-3-1-6-19(21)20-7-2-4-9-22(20)23/h1-4,6-13,23,28H,5,14-16H2,(H,26,29)(H,27,30). The van der Waals surface area contributed by atoms with Crippen LogP contribution in [0.25, 0.3) is 11.1 Å².